The number of likely N-dealkylation sites (tertiary alicyclic amines) is 1. The monoisotopic (exact) mass is 378 g/mol. The van der Waals surface area contributed by atoms with Gasteiger partial charge in [-0.05, 0) is 54.4 Å². The number of hydrogen-bond donors (Lipinski definition) is 0. The van der Waals surface area contributed by atoms with Crippen LogP contribution in [0.5, 0.6) is 0 Å². The van der Waals surface area contributed by atoms with Crippen molar-refractivity contribution in [3.8, 4) is 0 Å². The Hall–Kier alpha value is -2.05. The van der Waals surface area contributed by atoms with Crippen LogP contribution < -0.4 is 0 Å². The number of esters is 1. The normalized spacial score (nSPS) is 30.2. The van der Waals surface area contributed by atoms with E-state index in [-0.39, 0.29) is 23.8 Å². The highest BCUT2D eigenvalue weighted by Gasteiger charge is 2.54. The average molecular weight is 378 g/mol. The Labute approximate surface area is 160 Å². The maximum Gasteiger partial charge on any atom is 0.411 e. The number of carbonyl (C=O) groups excluding carboxylic acids is 3. The molecule has 0 saturated carbocycles. The number of carbonyl (C=O) groups is 3. The van der Waals surface area contributed by atoms with Gasteiger partial charge in [-0.25, -0.2) is 9.59 Å². The number of fused-ring (bicyclic) bond motifs is 2. The van der Waals surface area contributed by atoms with Crippen molar-refractivity contribution in [2.75, 3.05) is 6.54 Å². The molecule has 7 heteroatoms. The molecular weight excluding hydrogens is 348 g/mol. The van der Waals surface area contributed by atoms with Crippen molar-refractivity contribution in [3.63, 3.8) is 0 Å². The molecule has 150 valence electrons. The second-order valence-corrected chi connectivity index (χ2v) is 9.57. The van der Waals surface area contributed by atoms with E-state index in [1.165, 1.54) is 4.90 Å². The van der Waals surface area contributed by atoms with Crippen LogP contribution in [0.25, 0.3) is 0 Å². The van der Waals surface area contributed by atoms with Crippen LogP contribution in [-0.2, 0) is 19.1 Å². The van der Waals surface area contributed by atoms with Gasteiger partial charge in [0.2, 0.25) is 5.91 Å². The van der Waals surface area contributed by atoms with Gasteiger partial charge in [0.05, 0.1) is 6.04 Å². The summed E-state index contributed by atoms with van der Waals surface area (Å²) in [4.78, 5) is 41.5. The first-order valence-corrected chi connectivity index (χ1v) is 9.60. The van der Waals surface area contributed by atoms with Crippen molar-refractivity contribution < 1.29 is 23.9 Å². The smallest absolute Gasteiger partial charge is 0.411 e. The Balaban J connectivity index is 1.78. The SMILES string of the molecule is CC(C)(C)OC(=O)[C@@H]1CC[C@@H]2C=C[C@H]3CN(C(=O)OC(C)(C)C)[C@@H]3C(=O)N21. The fourth-order valence-electron chi connectivity index (χ4n) is 3.89. The van der Waals surface area contributed by atoms with Gasteiger partial charge in [-0.1, -0.05) is 12.2 Å². The minimum atomic E-state index is -0.624. The molecule has 3 heterocycles. The minimum Gasteiger partial charge on any atom is -0.458 e. The molecule has 2 saturated heterocycles. The van der Waals surface area contributed by atoms with E-state index in [1.807, 2.05) is 32.9 Å². The summed E-state index contributed by atoms with van der Waals surface area (Å²) in [5, 5.41) is 0. The van der Waals surface area contributed by atoms with Crippen LogP contribution in [0.4, 0.5) is 4.79 Å². The van der Waals surface area contributed by atoms with E-state index >= 15 is 0 Å². The van der Waals surface area contributed by atoms with Crippen molar-refractivity contribution in [1.82, 2.24) is 9.80 Å². The van der Waals surface area contributed by atoms with Gasteiger partial charge in [-0.15, -0.1) is 0 Å². The van der Waals surface area contributed by atoms with Gasteiger partial charge in [-0.3, -0.25) is 9.69 Å². The van der Waals surface area contributed by atoms with Crippen LogP contribution in [-0.4, -0.2) is 63.6 Å². The van der Waals surface area contributed by atoms with Crippen molar-refractivity contribution >= 4 is 18.0 Å². The second kappa shape index (κ2) is 6.53. The van der Waals surface area contributed by atoms with E-state index in [4.69, 9.17) is 9.47 Å². The number of amides is 2. The molecule has 3 aliphatic heterocycles. The van der Waals surface area contributed by atoms with E-state index in [2.05, 4.69) is 0 Å². The molecule has 0 N–H and O–H groups in total. The molecule has 3 aliphatic rings. The first kappa shape index (κ1) is 19.7. The third-order valence-corrected chi connectivity index (χ3v) is 4.97. The quantitative estimate of drug-likeness (QED) is 0.518. The molecule has 0 radical (unpaired) electrons. The van der Waals surface area contributed by atoms with E-state index < -0.39 is 29.4 Å². The van der Waals surface area contributed by atoms with Crippen LogP contribution in [0.3, 0.4) is 0 Å². The zero-order valence-electron chi connectivity index (χ0n) is 17.0. The third-order valence-electron chi connectivity index (χ3n) is 4.97. The van der Waals surface area contributed by atoms with Crippen molar-refractivity contribution in [1.29, 1.82) is 0 Å². The van der Waals surface area contributed by atoms with Crippen LogP contribution in [0.15, 0.2) is 12.2 Å². The lowest BCUT2D eigenvalue weighted by Gasteiger charge is -2.46. The van der Waals surface area contributed by atoms with E-state index in [0.717, 1.165) is 6.42 Å². The molecule has 0 spiro atoms. The van der Waals surface area contributed by atoms with Crippen LogP contribution >= 0.6 is 0 Å². The van der Waals surface area contributed by atoms with Crippen LogP contribution in [0, 0.1) is 5.92 Å². The second-order valence-electron chi connectivity index (χ2n) is 9.57. The van der Waals surface area contributed by atoms with Crippen LogP contribution in [0.2, 0.25) is 0 Å². The largest absolute Gasteiger partial charge is 0.458 e. The lowest BCUT2D eigenvalue weighted by Crippen LogP contribution is -2.65. The summed E-state index contributed by atoms with van der Waals surface area (Å²) in [5.74, 6) is -0.608. The van der Waals surface area contributed by atoms with Gasteiger partial charge >= 0.3 is 12.1 Å². The predicted octanol–water partition coefficient (Wildman–Crippen LogP) is 2.49. The maximum atomic E-state index is 13.3. The molecule has 2 fully saturated rings. The van der Waals surface area contributed by atoms with Gasteiger partial charge in [-0.2, -0.15) is 0 Å². The molecule has 4 atom stereocenters. The zero-order valence-corrected chi connectivity index (χ0v) is 17.0. The summed E-state index contributed by atoms with van der Waals surface area (Å²) in [6, 6.07) is -1.34. The fraction of sp³-hybridized carbons (Fsp3) is 0.750. The standard InChI is InChI=1S/C20H30N2O5/c1-19(2,3)26-17(24)14-10-9-13-8-7-12-11-21(15(12)16(23)22(13)14)18(25)27-20(4,5)6/h7-8,12-15H,9-11H2,1-6H3/t12-,13-,14-,15-/m0/s1. The Kier molecular flexibility index (Phi) is 4.77. The number of nitrogens with zero attached hydrogens (tertiary/aromatic N) is 2. The van der Waals surface area contributed by atoms with Crippen molar-refractivity contribution in [2.24, 2.45) is 5.92 Å². The minimum absolute atomic E-state index is 0.0325. The van der Waals surface area contributed by atoms with E-state index in [9.17, 15) is 14.4 Å². The summed E-state index contributed by atoms with van der Waals surface area (Å²) >= 11 is 0. The Morgan fingerprint density at radius 2 is 1.63 bits per heavy atom. The third kappa shape index (κ3) is 3.96. The molecule has 7 nitrogen and oxygen atoms in total. The van der Waals surface area contributed by atoms with Gasteiger partial charge < -0.3 is 14.4 Å². The highest BCUT2D eigenvalue weighted by atomic mass is 16.6. The van der Waals surface area contributed by atoms with Crippen LogP contribution in [0.1, 0.15) is 54.4 Å². The molecule has 0 aromatic carbocycles. The highest BCUT2D eigenvalue weighted by molar-refractivity contribution is 5.93. The predicted molar refractivity (Wildman–Crippen MR) is 98.9 cm³/mol. The van der Waals surface area contributed by atoms with E-state index in [0.29, 0.717) is 13.0 Å². The molecule has 0 aliphatic carbocycles. The Bertz CT molecular complexity index is 673. The number of ether oxygens (including phenoxy) is 2. The molecule has 2 amide bonds. The molecule has 0 aromatic heterocycles. The Morgan fingerprint density at radius 3 is 2.22 bits per heavy atom. The first-order valence-electron chi connectivity index (χ1n) is 9.60. The zero-order chi connectivity index (χ0) is 20.1. The molecule has 0 bridgehead atoms. The first-order chi connectivity index (χ1) is 12.4. The average Bonchev–Trinajstić information content (AvgIpc) is 2.82. The number of hydrogen-bond acceptors (Lipinski definition) is 5. The summed E-state index contributed by atoms with van der Waals surface area (Å²) < 4.78 is 10.9. The summed E-state index contributed by atoms with van der Waals surface area (Å²) in [6.45, 7) is 11.3. The molecule has 0 aromatic rings. The summed E-state index contributed by atoms with van der Waals surface area (Å²) in [5.41, 5.74) is -1.23. The fourth-order valence-corrected chi connectivity index (χ4v) is 3.89. The molecule has 3 rings (SSSR count). The topological polar surface area (TPSA) is 76.1 Å². The highest BCUT2D eigenvalue weighted by Crippen LogP contribution is 2.37. The van der Waals surface area contributed by atoms with Crippen molar-refractivity contribution in [2.45, 2.75) is 83.7 Å². The number of rotatable bonds is 1. The molecular formula is C20H30N2O5. The van der Waals surface area contributed by atoms with Gasteiger partial charge in [0.1, 0.15) is 23.3 Å². The van der Waals surface area contributed by atoms with Gasteiger partial charge in [0.15, 0.2) is 0 Å². The summed E-state index contributed by atoms with van der Waals surface area (Å²) in [6.07, 6.45) is 4.81. The van der Waals surface area contributed by atoms with Crippen molar-refractivity contribution in [3.05, 3.63) is 12.2 Å². The Morgan fingerprint density at radius 1 is 1.00 bits per heavy atom. The van der Waals surface area contributed by atoms with Gasteiger partial charge in [0, 0.05) is 12.5 Å². The lowest BCUT2D eigenvalue weighted by atomic mass is 9.88. The molecule has 0 unspecified atom stereocenters. The maximum absolute atomic E-state index is 13.3. The van der Waals surface area contributed by atoms with E-state index in [1.54, 1.807) is 25.7 Å². The lowest BCUT2D eigenvalue weighted by molar-refractivity contribution is -0.166. The summed E-state index contributed by atoms with van der Waals surface area (Å²) in [7, 11) is 0. The van der Waals surface area contributed by atoms with Gasteiger partial charge in [0.25, 0.3) is 0 Å². The molecule has 27 heavy (non-hydrogen) atoms.